The van der Waals surface area contributed by atoms with Gasteiger partial charge in [0.05, 0.1) is 27.2 Å². The lowest BCUT2D eigenvalue weighted by atomic mass is 9.97. The highest BCUT2D eigenvalue weighted by Crippen LogP contribution is 2.41. The molecule has 0 aliphatic carbocycles. The third kappa shape index (κ3) is 3.73. The van der Waals surface area contributed by atoms with Crippen LogP contribution in [-0.2, 0) is 13.0 Å². The summed E-state index contributed by atoms with van der Waals surface area (Å²) >= 11 is 18.8. The predicted octanol–water partition coefficient (Wildman–Crippen LogP) is 7.01. The largest absolute Gasteiger partial charge is 0.471 e. The fourth-order valence-electron chi connectivity index (χ4n) is 4.06. The SMILES string of the molecule is Cc1c(Cc2ccccc2)c(=O)oc2c3c(c(Cl)cc12)OCN(c1ccc(Cl)c(Cl)c1)C3. The monoisotopic (exact) mass is 485 g/mol. The molecule has 0 fully saturated rings. The Balaban J connectivity index is 1.61. The fraction of sp³-hybridized carbons (Fsp3) is 0.160. The Morgan fingerprint density at radius 2 is 1.75 bits per heavy atom. The first-order valence-electron chi connectivity index (χ1n) is 10.1. The molecule has 0 radical (unpaired) electrons. The molecule has 0 spiro atoms. The molecule has 3 aromatic carbocycles. The zero-order valence-corrected chi connectivity index (χ0v) is 19.4. The first kappa shape index (κ1) is 21.2. The number of benzene rings is 3. The van der Waals surface area contributed by atoms with Crippen LogP contribution in [0.3, 0.4) is 0 Å². The van der Waals surface area contributed by atoms with Crippen LogP contribution in [0.1, 0.15) is 22.3 Å². The minimum absolute atomic E-state index is 0.283. The highest BCUT2D eigenvalue weighted by Gasteiger charge is 2.26. The molecule has 1 aliphatic rings. The highest BCUT2D eigenvalue weighted by atomic mass is 35.5. The van der Waals surface area contributed by atoms with Gasteiger partial charge in [-0.15, -0.1) is 0 Å². The average Bonchev–Trinajstić information content (AvgIpc) is 2.80. The van der Waals surface area contributed by atoms with Crippen LogP contribution in [0.2, 0.25) is 15.1 Å². The molecule has 0 unspecified atom stereocenters. The van der Waals surface area contributed by atoms with Gasteiger partial charge in [0, 0.05) is 23.1 Å². The van der Waals surface area contributed by atoms with Gasteiger partial charge >= 0.3 is 5.63 Å². The van der Waals surface area contributed by atoms with Gasteiger partial charge in [-0.2, -0.15) is 0 Å². The summed E-state index contributed by atoms with van der Waals surface area (Å²) in [6, 6.07) is 17.1. The lowest BCUT2D eigenvalue weighted by molar-refractivity contribution is 0.289. The standard InChI is InChI=1S/C25H18Cl3NO3/c1-14-17-11-22(28)24-19(12-29(13-31-24)16-7-8-20(26)21(27)10-16)23(17)32-25(30)18(14)9-15-5-3-2-4-6-15/h2-8,10-11H,9,12-13H2,1H3. The Labute approximate surface area is 199 Å². The van der Waals surface area contributed by atoms with E-state index in [1.807, 2.05) is 54.3 Å². The Bertz CT molecular complexity index is 1400. The maximum Gasteiger partial charge on any atom is 0.340 e. The topological polar surface area (TPSA) is 42.7 Å². The number of anilines is 1. The van der Waals surface area contributed by atoms with E-state index in [0.717, 1.165) is 27.8 Å². The Hall–Kier alpha value is -2.66. The van der Waals surface area contributed by atoms with Crippen molar-refractivity contribution in [3.05, 3.63) is 102 Å². The molecule has 4 aromatic rings. The van der Waals surface area contributed by atoms with Crippen LogP contribution < -0.4 is 15.3 Å². The van der Waals surface area contributed by atoms with Crippen LogP contribution in [0, 0.1) is 6.92 Å². The molecule has 4 nitrogen and oxygen atoms in total. The minimum Gasteiger partial charge on any atom is -0.471 e. The number of fused-ring (bicyclic) bond motifs is 3. The van der Waals surface area contributed by atoms with Crippen LogP contribution >= 0.6 is 34.8 Å². The van der Waals surface area contributed by atoms with Crippen molar-refractivity contribution in [3.63, 3.8) is 0 Å². The second kappa shape index (κ2) is 8.36. The van der Waals surface area contributed by atoms with Gasteiger partial charge in [0.1, 0.15) is 11.3 Å². The first-order chi connectivity index (χ1) is 15.4. The van der Waals surface area contributed by atoms with E-state index < -0.39 is 0 Å². The summed E-state index contributed by atoms with van der Waals surface area (Å²) < 4.78 is 11.8. The third-order valence-electron chi connectivity index (χ3n) is 5.78. The van der Waals surface area contributed by atoms with Gasteiger partial charge in [0.2, 0.25) is 0 Å². The van der Waals surface area contributed by atoms with Gasteiger partial charge in [-0.05, 0) is 42.3 Å². The molecule has 5 rings (SSSR count). The second-order valence-corrected chi connectivity index (χ2v) is 8.99. The summed E-state index contributed by atoms with van der Waals surface area (Å²) in [5, 5.41) is 2.23. The zero-order valence-electron chi connectivity index (χ0n) is 17.1. The zero-order chi connectivity index (χ0) is 22.4. The maximum atomic E-state index is 13.0. The van der Waals surface area contributed by atoms with E-state index in [0.29, 0.717) is 44.9 Å². The molecule has 0 saturated heterocycles. The molecule has 32 heavy (non-hydrogen) atoms. The molecular weight excluding hydrogens is 469 g/mol. The van der Waals surface area contributed by atoms with E-state index in [1.54, 1.807) is 12.1 Å². The molecule has 0 saturated carbocycles. The van der Waals surface area contributed by atoms with Gasteiger partial charge in [0.15, 0.2) is 6.73 Å². The second-order valence-electron chi connectivity index (χ2n) is 7.77. The number of nitrogens with zero attached hydrogens (tertiary/aromatic N) is 1. The molecule has 0 atom stereocenters. The van der Waals surface area contributed by atoms with Crippen LogP contribution in [0.5, 0.6) is 5.75 Å². The Morgan fingerprint density at radius 1 is 0.969 bits per heavy atom. The molecule has 1 aromatic heterocycles. The molecular formula is C25H18Cl3NO3. The molecule has 1 aliphatic heterocycles. The van der Waals surface area contributed by atoms with Crippen molar-refractivity contribution >= 4 is 51.5 Å². The molecule has 7 heteroatoms. The van der Waals surface area contributed by atoms with Gasteiger partial charge in [-0.25, -0.2) is 4.79 Å². The molecule has 0 bridgehead atoms. The van der Waals surface area contributed by atoms with Gasteiger partial charge in [-0.1, -0.05) is 65.1 Å². The lowest BCUT2D eigenvalue weighted by Gasteiger charge is -2.32. The molecule has 0 amide bonds. The third-order valence-corrected chi connectivity index (χ3v) is 6.80. The number of halogens is 3. The van der Waals surface area contributed by atoms with Gasteiger partial charge in [-0.3, -0.25) is 0 Å². The number of aryl methyl sites for hydroxylation is 1. The van der Waals surface area contributed by atoms with Crippen molar-refractivity contribution in [1.82, 2.24) is 0 Å². The van der Waals surface area contributed by atoms with E-state index in [2.05, 4.69) is 0 Å². The van der Waals surface area contributed by atoms with Crippen molar-refractivity contribution in [3.8, 4) is 5.75 Å². The van der Waals surface area contributed by atoms with Crippen LogP contribution in [0.4, 0.5) is 5.69 Å². The summed E-state index contributed by atoms with van der Waals surface area (Å²) in [5.41, 5.74) is 4.24. The van der Waals surface area contributed by atoms with Crippen LogP contribution in [0.15, 0.2) is 63.8 Å². The van der Waals surface area contributed by atoms with Crippen LogP contribution in [0.25, 0.3) is 11.0 Å². The fourth-order valence-corrected chi connectivity index (χ4v) is 4.63. The number of rotatable bonds is 3. The van der Waals surface area contributed by atoms with E-state index in [-0.39, 0.29) is 12.4 Å². The van der Waals surface area contributed by atoms with Gasteiger partial charge < -0.3 is 14.1 Å². The maximum absolute atomic E-state index is 13.0. The van der Waals surface area contributed by atoms with E-state index >= 15 is 0 Å². The number of hydrogen-bond acceptors (Lipinski definition) is 4. The summed E-state index contributed by atoms with van der Waals surface area (Å²) in [4.78, 5) is 15.0. The van der Waals surface area contributed by atoms with E-state index in [4.69, 9.17) is 44.0 Å². The number of hydrogen-bond donors (Lipinski definition) is 0. The quantitative estimate of drug-likeness (QED) is 0.292. The van der Waals surface area contributed by atoms with Crippen LogP contribution in [-0.4, -0.2) is 6.73 Å². The number of ether oxygens (including phenoxy) is 1. The summed E-state index contributed by atoms with van der Waals surface area (Å²) in [7, 11) is 0. The normalized spacial score (nSPS) is 13.2. The Kier molecular flexibility index (Phi) is 5.54. The summed E-state index contributed by atoms with van der Waals surface area (Å²) in [6.45, 7) is 2.66. The molecule has 0 N–H and O–H groups in total. The van der Waals surface area contributed by atoms with Crippen molar-refractivity contribution in [2.24, 2.45) is 0 Å². The van der Waals surface area contributed by atoms with Crippen molar-refractivity contribution in [1.29, 1.82) is 0 Å². The first-order valence-corrected chi connectivity index (χ1v) is 11.2. The van der Waals surface area contributed by atoms with Crippen molar-refractivity contribution in [2.45, 2.75) is 19.9 Å². The van der Waals surface area contributed by atoms with Crippen molar-refractivity contribution in [2.75, 3.05) is 11.6 Å². The van der Waals surface area contributed by atoms with E-state index in [9.17, 15) is 4.79 Å². The molecule has 162 valence electrons. The summed E-state index contributed by atoms with van der Waals surface area (Å²) in [6.07, 6.45) is 0.492. The predicted molar refractivity (Wildman–Crippen MR) is 130 cm³/mol. The van der Waals surface area contributed by atoms with E-state index in [1.165, 1.54) is 0 Å². The van der Waals surface area contributed by atoms with Crippen molar-refractivity contribution < 1.29 is 9.15 Å². The lowest BCUT2D eigenvalue weighted by Crippen LogP contribution is -2.32. The van der Waals surface area contributed by atoms with Gasteiger partial charge in [0.25, 0.3) is 0 Å². The Morgan fingerprint density at radius 3 is 2.50 bits per heavy atom. The smallest absolute Gasteiger partial charge is 0.340 e. The minimum atomic E-state index is -0.352. The highest BCUT2D eigenvalue weighted by molar-refractivity contribution is 6.42. The molecule has 2 heterocycles. The summed E-state index contributed by atoms with van der Waals surface area (Å²) in [5.74, 6) is 0.536. The average molecular weight is 487 g/mol.